The Labute approximate surface area is 143 Å². The van der Waals surface area contributed by atoms with E-state index in [9.17, 15) is 14.9 Å². The Morgan fingerprint density at radius 2 is 2.00 bits per heavy atom. The highest BCUT2D eigenvalue weighted by molar-refractivity contribution is 5.95. The predicted molar refractivity (Wildman–Crippen MR) is 91.6 cm³/mol. The molecule has 2 N–H and O–H groups in total. The molecule has 0 saturated carbocycles. The third-order valence-corrected chi connectivity index (χ3v) is 4.04. The number of amides is 1. The number of aliphatic hydroxyl groups excluding tert-OH is 1. The zero-order valence-corrected chi connectivity index (χ0v) is 13.7. The zero-order valence-electron chi connectivity index (χ0n) is 13.7. The molecular formula is C15H18N6O4. The molecule has 0 radical (unpaired) electrons. The van der Waals surface area contributed by atoms with Crippen molar-refractivity contribution < 1.29 is 14.8 Å². The predicted octanol–water partition coefficient (Wildman–Crippen LogP) is 0.221. The number of hydrogen-bond donors (Lipinski definition) is 2. The summed E-state index contributed by atoms with van der Waals surface area (Å²) in [6.45, 7) is 2.43. The van der Waals surface area contributed by atoms with Gasteiger partial charge in [-0.1, -0.05) is 0 Å². The number of benzene rings is 1. The molecule has 2 aromatic rings. The molecule has 1 aliphatic heterocycles. The number of carbonyl (C=O) groups excluding carboxylic acids is 1. The van der Waals surface area contributed by atoms with Gasteiger partial charge in [-0.2, -0.15) is 0 Å². The van der Waals surface area contributed by atoms with Crippen molar-refractivity contribution in [2.24, 2.45) is 0 Å². The van der Waals surface area contributed by atoms with Gasteiger partial charge in [0, 0.05) is 38.3 Å². The summed E-state index contributed by atoms with van der Waals surface area (Å²) < 4.78 is 0. The largest absolute Gasteiger partial charge is 0.387 e. The van der Waals surface area contributed by atoms with Gasteiger partial charge in [0.2, 0.25) is 0 Å². The summed E-state index contributed by atoms with van der Waals surface area (Å²) in [5.41, 5.74) is 0.704. The van der Waals surface area contributed by atoms with Crippen molar-refractivity contribution in [3.05, 3.63) is 28.3 Å². The van der Waals surface area contributed by atoms with E-state index in [1.807, 2.05) is 11.9 Å². The van der Waals surface area contributed by atoms with Gasteiger partial charge in [-0.15, -0.1) is 0 Å². The normalized spacial score (nSPS) is 15.4. The summed E-state index contributed by atoms with van der Waals surface area (Å²) in [6, 6.07) is 4.22. The van der Waals surface area contributed by atoms with Crippen molar-refractivity contribution in [1.29, 1.82) is 0 Å². The maximum atomic E-state index is 11.6. The van der Waals surface area contributed by atoms with Crippen molar-refractivity contribution in [1.82, 2.24) is 14.9 Å². The number of nitrogens with one attached hydrogen (secondary N) is 1. The average molecular weight is 346 g/mol. The van der Waals surface area contributed by atoms with Crippen molar-refractivity contribution >= 4 is 34.3 Å². The first-order chi connectivity index (χ1) is 12.0. The molecule has 132 valence electrons. The maximum Gasteiger partial charge on any atom is 0.271 e. The number of likely N-dealkylation sites (N-methyl/N-ethyl adjacent to an activating group) is 1. The third kappa shape index (κ3) is 3.64. The first kappa shape index (κ1) is 17.0. The Bertz CT molecular complexity index is 819. The molecule has 0 aliphatic carbocycles. The van der Waals surface area contributed by atoms with Crippen LogP contribution in [0.3, 0.4) is 0 Å². The molecule has 1 saturated heterocycles. The van der Waals surface area contributed by atoms with Crippen molar-refractivity contribution in [3.63, 3.8) is 0 Å². The minimum absolute atomic E-state index is 0.103. The van der Waals surface area contributed by atoms with Crippen molar-refractivity contribution in [2.45, 2.75) is 0 Å². The maximum absolute atomic E-state index is 11.6. The fourth-order valence-corrected chi connectivity index (χ4v) is 2.64. The van der Waals surface area contributed by atoms with E-state index >= 15 is 0 Å². The standard InChI is InChI=1S/C15H18N6O4/c1-19-4-6-20(7-5-19)15-14(18-13(23)9-22)16-12-8-10(21(24)25)2-3-11(12)17-15/h2-3,8,22H,4-7,9H2,1H3,(H,16,18,23). The second kappa shape index (κ2) is 6.95. The molecule has 0 unspecified atom stereocenters. The summed E-state index contributed by atoms with van der Waals surface area (Å²) in [5, 5.41) is 22.5. The second-order valence-corrected chi connectivity index (χ2v) is 5.82. The average Bonchev–Trinajstić information content (AvgIpc) is 2.61. The van der Waals surface area contributed by atoms with Crippen LogP contribution in [0.15, 0.2) is 18.2 Å². The number of piperazine rings is 1. The fraction of sp³-hybridized carbons (Fsp3) is 0.400. The van der Waals surface area contributed by atoms with E-state index < -0.39 is 17.4 Å². The van der Waals surface area contributed by atoms with Gasteiger partial charge in [0.15, 0.2) is 11.6 Å². The Hall–Kier alpha value is -2.85. The van der Waals surface area contributed by atoms with Crippen molar-refractivity contribution in [3.8, 4) is 0 Å². The van der Waals surface area contributed by atoms with Gasteiger partial charge in [0.1, 0.15) is 6.61 Å². The molecule has 0 atom stereocenters. The molecular weight excluding hydrogens is 328 g/mol. The monoisotopic (exact) mass is 346 g/mol. The van der Waals surface area contributed by atoms with Gasteiger partial charge in [-0.3, -0.25) is 14.9 Å². The summed E-state index contributed by atoms with van der Waals surface area (Å²) >= 11 is 0. The van der Waals surface area contributed by atoms with Crippen LogP contribution in [0, 0.1) is 10.1 Å². The summed E-state index contributed by atoms with van der Waals surface area (Å²) in [4.78, 5) is 35.1. The van der Waals surface area contributed by atoms with E-state index in [1.165, 1.54) is 18.2 Å². The van der Waals surface area contributed by atoms with Crippen LogP contribution >= 0.6 is 0 Å². The number of nitrogens with zero attached hydrogens (tertiary/aromatic N) is 5. The molecule has 0 bridgehead atoms. The Kier molecular flexibility index (Phi) is 4.72. The van der Waals surface area contributed by atoms with E-state index in [-0.39, 0.29) is 11.5 Å². The number of rotatable bonds is 4. The lowest BCUT2D eigenvalue weighted by atomic mass is 10.2. The van der Waals surface area contributed by atoms with Crippen LogP contribution < -0.4 is 10.2 Å². The van der Waals surface area contributed by atoms with Crippen molar-refractivity contribution in [2.75, 3.05) is 50.1 Å². The van der Waals surface area contributed by atoms with Crippen LogP contribution in [0.4, 0.5) is 17.3 Å². The molecule has 1 aliphatic rings. The van der Waals surface area contributed by atoms with E-state index in [0.29, 0.717) is 29.9 Å². The van der Waals surface area contributed by atoms with E-state index in [2.05, 4.69) is 20.2 Å². The zero-order chi connectivity index (χ0) is 18.0. The highest BCUT2D eigenvalue weighted by atomic mass is 16.6. The lowest BCUT2D eigenvalue weighted by Gasteiger charge is -2.33. The van der Waals surface area contributed by atoms with Gasteiger partial charge in [-0.05, 0) is 13.1 Å². The molecule has 1 aromatic carbocycles. The number of non-ortho nitro benzene ring substituents is 1. The molecule has 3 rings (SSSR count). The number of anilines is 2. The molecule has 25 heavy (non-hydrogen) atoms. The number of nitro benzene ring substituents is 1. The van der Waals surface area contributed by atoms with Gasteiger partial charge in [0.05, 0.1) is 16.0 Å². The van der Waals surface area contributed by atoms with Crippen LogP contribution in [-0.2, 0) is 4.79 Å². The minimum atomic E-state index is -0.684. The van der Waals surface area contributed by atoms with Gasteiger partial charge >= 0.3 is 0 Å². The minimum Gasteiger partial charge on any atom is -0.387 e. The molecule has 2 heterocycles. The van der Waals surface area contributed by atoms with Crippen LogP contribution in [-0.4, -0.2) is 70.6 Å². The number of carbonyl (C=O) groups is 1. The number of aliphatic hydroxyl groups is 1. The van der Waals surface area contributed by atoms with Crippen LogP contribution in [0.2, 0.25) is 0 Å². The van der Waals surface area contributed by atoms with E-state index in [1.54, 1.807) is 0 Å². The first-order valence-electron chi connectivity index (χ1n) is 7.78. The molecule has 1 aromatic heterocycles. The lowest BCUT2D eigenvalue weighted by Crippen LogP contribution is -2.45. The molecule has 1 amide bonds. The summed E-state index contributed by atoms with van der Waals surface area (Å²) in [7, 11) is 2.02. The number of nitro groups is 1. The fourth-order valence-electron chi connectivity index (χ4n) is 2.64. The quantitative estimate of drug-likeness (QED) is 0.595. The van der Waals surface area contributed by atoms with Crippen LogP contribution in [0.25, 0.3) is 11.0 Å². The SMILES string of the molecule is CN1CCN(c2nc3ccc([N+](=O)[O-])cc3nc2NC(=O)CO)CC1. The van der Waals surface area contributed by atoms with Crippen LogP contribution in [0.1, 0.15) is 0 Å². The molecule has 10 heteroatoms. The van der Waals surface area contributed by atoms with Gasteiger partial charge < -0.3 is 20.2 Å². The van der Waals surface area contributed by atoms with Crippen LogP contribution in [0.5, 0.6) is 0 Å². The Morgan fingerprint density at radius 3 is 2.64 bits per heavy atom. The van der Waals surface area contributed by atoms with Gasteiger partial charge in [0.25, 0.3) is 11.6 Å². The molecule has 0 spiro atoms. The number of fused-ring (bicyclic) bond motifs is 1. The Morgan fingerprint density at radius 1 is 1.28 bits per heavy atom. The number of aromatic nitrogens is 2. The summed E-state index contributed by atoms with van der Waals surface area (Å²) in [6.07, 6.45) is 0. The van der Waals surface area contributed by atoms with E-state index in [4.69, 9.17) is 5.11 Å². The number of hydrogen-bond acceptors (Lipinski definition) is 8. The molecule has 10 nitrogen and oxygen atoms in total. The summed E-state index contributed by atoms with van der Waals surface area (Å²) in [5.74, 6) is 0.0716. The Balaban J connectivity index is 2.06. The topological polar surface area (TPSA) is 125 Å². The van der Waals surface area contributed by atoms with E-state index in [0.717, 1.165) is 13.1 Å². The first-order valence-corrected chi connectivity index (χ1v) is 7.78. The van der Waals surface area contributed by atoms with Gasteiger partial charge in [-0.25, -0.2) is 9.97 Å². The lowest BCUT2D eigenvalue weighted by molar-refractivity contribution is -0.384. The third-order valence-electron chi connectivity index (χ3n) is 4.04. The highest BCUT2D eigenvalue weighted by Gasteiger charge is 2.22. The molecule has 1 fully saturated rings. The smallest absolute Gasteiger partial charge is 0.271 e. The second-order valence-electron chi connectivity index (χ2n) is 5.82. The highest BCUT2D eigenvalue weighted by Crippen LogP contribution is 2.27.